The third kappa shape index (κ3) is 4.92. The van der Waals surface area contributed by atoms with Crippen LogP contribution in [0.4, 0.5) is 27.5 Å². The van der Waals surface area contributed by atoms with Crippen molar-refractivity contribution in [3.8, 4) is 0 Å². The van der Waals surface area contributed by atoms with Gasteiger partial charge in [0.25, 0.3) is 0 Å². The molecule has 2 N–H and O–H groups in total. The van der Waals surface area contributed by atoms with Gasteiger partial charge in [0, 0.05) is 38.2 Å². The van der Waals surface area contributed by atoms with Crippen molar-refractivity contribution >= 4 is 23.1 Å². The van der Waals surface area contributed by atoms with Crippen LogP contribution < -0.4 is 15.5 Å². The molecule has 3 aromatic rings. The average molecular weight is 351 g/mol. The lowest BCUT2D eigenvalue weighted by molar-refractivity contribution is 0.627. The Morgan fingerprint density at radius 2 is 1.69 bits per heavy atom. The second kappa shape index (κ2) is 8.29. The van der Waals surface area contributed by atoms with Gasteiger partial charge in [-0.2, -0.15) is 4.98 Å². The lowest BCUT2D eigenvalue weighted by atomic mass is 10.1. The fraction of sp³-hybridized carbons (Fsp3) is 0.200. The topological polar surface area (TPSA) is 53.1 Å². The Morgan fingerprint density at radius 1 is 0.962 bits per heavy atom. The Hall–Kier alpha value is -3.15. The van der Waals surface area contributed by atoms with Crippen molar-refractivity contribution in [2.45, 2.75) is 6.42 Å². The molecule has 0 aliphatic rings. The predicted molar refractivity (Wildman–Crippen MR) is 105 cm³/mol. The van der Waals surface area contributed by atoms with Gasteiger partial charge in [-0.3, -0.25) is 0 Å². The smallest absolute Gasteiger partial charge is 0.224 e. The third-order valence-electron chi connectivity index (χ3n) is 3.92. The number of halogens is 1. The largest absolute Gasteiger partial charge is 0.378 e. The minimum atomic E-state index is -0.220. The summed E-state index contributed by atoms with van der Waals surface area (Å²) in [4.78, 5) is 10.8. The van der Waals surface area contributed by atoms with Crippen LogP contribution in [0.5, 0.6) is 0 Å². The number of aromatic nitrogens is 2. The number of benzene rings is 2. The molecule has 0 amide bonds. The van der Waals surface area contributed by atoms with Gasteiger partial charge in [0.15, 0.2) is 0 Å². The molecule has 0 spiro atoms. The van der Waals surface area contributed by atoms with Crippen LogP contribution in [0.3, 0.4) is 0 Å². The van der Waals surface area contributed by atoms with Crippen LogP contribution in [0.15, 0.2) is 60.8 Å². The highest BCUT2D eigenvalue weighted by molar-refractivity contribution is 5.60. The molecule has 0 saturated carbocycles. The first-order chi connectivity index (χ1) is 12.6. The van der Waals surface area contributed by atoms with Gasteiger partial charge in [0.05, 0.1) is 0 Å². The number of nitrogens with one attached hydrogen (secondary N) is 2. The molecule has 134 valence electrons. The molecule has 0 unspecified atom stereocenters. The van der Waals surface area contributed by atoms with Crippen molar-refractivity contribution in [1.82, 2.24) is 9.97 Å². The number of rotatable bonds is 7. The van der Waals surface area contributed by atoms with Gasteiger partial charge in [-0.1, -0.05) is 12.1 Å². The SMILES string of the molecule is CN(C)c1ccc(Nc2ccnc(NCCc3ccc(F)cc3)n2)cc1. The summed E-state index contributed by atoms with van der Waals surface area (Å²) in [6, 6.07) is 16.5. The van der Waals surface area contributed by atoms with E-state index in [9.17, 15) is 4.39 Å². The van der Waals surface area contributed by atoms with E-state index in [0.717, 1.165) is 29.2 Å². The van der Waals surface area contributed by atoms with Crippen molar-refractivity contribution in [2.24, 2.45) is 0 Å². The van der Waals surface area contributed by atoms with Crippen molar-refractivity contribution in [2.75, 3.05) is 36.2 Å². The molecule has 6 heteroatoms. The first-order valence-corrected chi connectivity index (χ1v) is 8.46. The molecule has 26 heavy (non-hydrogen) atoms. The average Bonchev–Trinajstić information content (AvgIpc) is 2.64. The quantitative estimate of drug-likeness (QED) is 0.672. The van der Waals surface area contributed by atoms with Gasteiger partial charge >= 0.3 is 0 Å². The van der Waals surface area contributed by atoms with E-state index in [0.29, 0.717) is 12.5 Å². The molecule has 1 aromatic heterocycles. The van der Waals surface area contributed by atoms with Crippen molar-refractivity contribution < 1.29 is 4.39 Å². The highest BCUT2D eigenvalue weighted by Crippen LogP contribution is 2.19. The van der Waals surface area contributed by atoms with E-state index in [4.69, 9.17) is 0 Å². The van der Waals surface area contributed by atoms with Gasteiger partial charge in [-0.05, 0) is 54.4 Å². The number of hydrogen-bond acceptors (Lipinski definition) is 5. The van der Waals surface area contributed by atoms with Crippen LogP contribution in [0, 0.1) is 5.82 Å². The molecule has 0 bridgehead atoms. The minimum absolute atomic E-state index is 0.220. The molecule has 0 radical (unpaired) electrons. The van der Waals surface area contributed by atoms with Gasteiger partial charge < -0.3 is 15.5 Å². The van der Waals surface area contributed by atoms with Gasteiger partial charge in [-0.15, -0.1) is 0 Å². The van der Waals surface area contributed by atoms with E-state index in [1.54, 1.807) is 18.3 Å². The Morgan fingerprint density at radius 3 is 2.38 bits per heavy atom. The summed E-state index contributed by atoms with van der Waals surface area (Å²) in [5.74, 6) is 1.06. The lowest BCUT2D eigenvalue weighted by Gasteiger charge is -2.13. The predicted octanol–water partition coefficient (Wildman–Crippen LogP) is 4.08. The van der Waals surface area contributed by atoms with E-state index in [1.807, 2.05) is 44.4 Å². The molecule has 2 aromatic carbocycles. The fourth-order valence-corrected chi connectivity index (χ4v) is 2.47. The number of hydrogen-bond donors (Lipinski definition) is 2. The highest BCUT2D eigenvalue weighted by Gasteiger charge is 2.02. The molecule has 0 saturated heterocycles. The molecule has 0 aliphatic heterocycles. The van der Waals surface area contributed by atoms with Crippen molar-refractivity contribution in [3.05, 3.63) is 72.2 Å². The fourth-order valence-electron chi connectivity index (χ4n) is 2.47. The zero-order valence-electron chi connectivity index (χ0n) is 14.9. The summed E-state index contributed by atoms with van der Waals surface area (Å²) in [6.07, 6.45) is 2.48. The molecule has 5 nitrogen and oxygen atoms in total. The minimum Gasteiger partial charge on any atom is -0.378 e. The maximum Gasteiger partial charge on any atom is 0.224 e. The first-order valence-electron chi connectivity index (χ1n) is 8.46. The number of nitrogens with zero attached hydrogens (tertiary/aromatic N) is 3. The third-order valence-corrected chi connectivity index (χ3v) is 3.92. The van der Waals surface area contributed by atoms with Crippen LogP contribution in [-0.4, -0.2) is 30.6 Å². The zero-order chi connectivity index (χ0) is 18.4. The van der Waals surface area contributed by atoms with Crippen molar-refractivity contribution in [3.63, 3.8) is 0 Å². The summed E-state index contributed by atoms with van der Waals surface area (Å²) in [7, 11) is 4.02. The van der Waals surface area contributed by atoms with E-state index in [-0.39, 0.29) is 5.82 Å². The molecule has 1 heterocycles. The normalized spacial score (nSPS) is 10.4. The molecule has 0 aliphatic carbocycles. The second-order valence-electron chi connectivity index (χ2n) is 6.14. The Kier molecular flexibility index (Phi) is 5.63. The Labute approximate surface area is 152 Å². The van der Waals surface area contributed by atoms with Gasteiger partial charge in [0.2, 0.25) is 5.95 Å². The standard InChI is InChI=1S/C20H22FN5/c1-26(2)18-9-7-17(8-10-18)24-19-12-14-23-20(25-19)22-13-11-15-3-5-16(21)6-4-15/h3-10,12,14H,11,13H2,1-2H3,(H2,22,23,24,25). The maximum absolute atomic E-state index is 12.9. The van der Waals surface area contributed by atoms with E-state index in [2.05, 4.69) is 25.5 Å². The summed E-state index contributed by atoms with van der Waals surface area (Å²) >= 11 is 0. The van der Waals surface area contributed by atoms with Gasteiger partial charge in [-0.25, -0.2) is 9.37 Å². The summed E-state index contributed by atoms with van der Waals surface area (Å²) < 4.78 is 12.9. The summed E-state index contributed by atoms with van der Waals surface area (Å²) in [5.41, 5.74) is 3.17. The lowest BCUT2D eigenvalue weighted by Crippen LogP contribution is -2.09. The van der Waals surface area contributed by atoms with E-state index >= 15 is 0 Å². The highest BCUT2D eigenvalue weighted by atomic mass is 19.1. The first kappa shape index (κ1) is 17.7. The van der Waals surface area contributed by atoms with Crippen LogP contribution in [0.1, 0.15) is 5.56 Å². The molecular formula is C20H22FN5. The summed E-state index contributed by atoms with van der Waals surface area (Å²) in [6.45, 7) is 0.673. The maximum atomic E-state index is 12.9. The molecule has 0 fully saturated rings. The van der Waals surface area contributed by atoms with Crippen LogP contribution in [0.25, 0.3) is 0 Å². The van der Waals surface area contributed by atoms with Crippen LogP contribution in [-0.2, 0) is 6.42 Å². The monoisotopic (exact) mass is 351 g/mol. The zero-order valence-corrected chi connectivity index (χ0v) is 14.9. The molecule has 0 atom stereocenters. The Balaban J connectivity index is 1.56. The Bertz CT molecular complexity index is 832. The van der Waals surface area contributed by atoms with E-state index in [1.165, 1.54) is 12.1 Å². The molecule has 3 rings (SSSR count). The van der Waals surface area contributed by atoms with E-state index < -0.39 is 0 Å². The van der Waals surface area contributed by atoms with Crippen LogP contribution >= 0.6 is 0 Å². The van der Waals surface area contributed by atoms with Crippen molar-refractivity contribution in [1.29, 1.82) is 0 Å². The number of anilines is 4. The van der Waals surface area contributed by atoms with Gasteiger partial charge in [0.1, 0.15) is 11.6 Å². The molecular weight excluding hydrogens is 329 g/mol. The summed E-state index contributed by atoms with van der Waals surface area (Å²) in [5, 5.41) is 6.47. The second-order valence-corrected chi connectivity index (χ2v) is 6.14. The van der Waals surface area contributed by atoms with Crippen LogP contribution in [0.2, 0.25) is 0 Å².